The van der Waals surface area contributed by atoms with Crippen molar-refractivity contribution in [3.63, 3.8) is 0 Å². The minimum absolute atomic E-state index is 0.184. The predicted molar refractivity (Wildman–Crippen MR) is 129 cm³/mol. The van der Waals surface area contributed by atoms with Gasteiger partial charge in [-0.1, -0.05) is 36.4 Å². The molecule has 6 heteroatoms. The highest BCUT2D eigenvalue weighted by atomic mass is 16.2. The van der Waals surface area contributed by atoms with Crippen LogP contribution in [0.3, 0.4) is 0 Å². The number of hydrogen-bond acceptors (Lipinski definition) is 5. The Balaban J connectivity index is 1.30. The second-order valence-electron chi connectivity index (χ2n) is 9.19. The normalized spacial score (nSPS) is 18.5. The number of anilines is 1. The van der Waals surface area contributed by atoms with Gasteiger partial charge in [0.1, 0.15) is 11.6 Å². The molecule has 3 aromatic rings. The highest BCUT2D eigenvalue weighted by molar-refractivity contribution is 5.95. The molecule has 1 amide bonds. The Morgan fingerprint density at radius 1 is 1.03 bits per heavy atom. The number of benzene rings is 1. The van der Waals surface area contributed by atoms with Gasteiger partial charge in [-0.25, -0.2) is 9.97 Å². The third kappa shape index (κ3) is 4.96. The van der Waals surface area contributed by atoms with Crippen LogP contribution < -0.4 is 4.90 Å². The molecule has 5 rings (SSSR count). The molecule has 2 aliphatic rings. The number of carbonyl (C=O) groups is 1. The molecule has 0 N–H and O–H groups in total. The van der Waals surface area contributed by atoms with Crippen LogP contribution in [0.2, 0.25) is 0 Å². The van der Waals surface area contributed by atoms with E-state index in [-0.39, 0.29) is 5.91 Å². The molecule has 0 aliphatic carbocycles. The summed E-state index contributed by atoms with van der Waals surface area (Å²) < 4.78 is 0. The minimum Gasteiger partial charge on any atom is -0.298 e. The van der Waals surface area contributed by atoms with Gasteiger partial charge in [-0.3, -0.25) is 19.6 Å². The fourth-order valence-electron chi connectivity index (χ4n) is 5.04. The van der Waals surface area contributed by atoms with E-state index in [0.29, 0.717) is 18.9 Å². The van der Waals surface area contributed by atoms with Crippen molar-refractivity contribution in [2.75, 3.05) is 24.5 Å². The van der Waals surface area contributed by atoms with Crippen LogP contribution in [0.15, 0.2) is 54.9 Å². The smallest absolute Gasteiger partial charge is 0.228 e. The number of nitrogens with zero attached hydrogens (tertiary/aromatic N) is 5. The van der Waals surface area contributed by atoms with E-state index in [4.69, 9.17) is 9.97 Å². The van der Waals surface area contributed by atoms with E-state index in [1.165, 1.54) is 11.1 Å². The first-order valence-corrected chi connectivity index (χ1v) is 12.0. The summed E-state index contributed by atoms with van der Waals surface area (Å²) in [5, 5.41) is 0. The average Bonchev–Trinajstić information content (AvgIpc) is 3.30. The van der Waals surface area contributed by atoms with Gasteiger partial charge in [-0.05, 0) is 56.3 Å². The van der Waals surface area contributed by atoms with E-state index in [0.717, 1.165) is 68.2 Å². The third-order valence-electron chi connectivity index (χ3n) is 6.81. The molecule has 0 bridgehead atoms. The lowest BCUT2D eigenvalue weighted by Crippen LogP contribution is -2.38. The Hall–Kier alpha value is -3.12. The molecule has 1 atom stereocenters. The summed E-state index contributed by atoms with van der Waals surface area (Å²) in [6.45, 7) is 5.64. The van der Waals surface area contributed by atoms with Gasteiger partial charge in [-0.2, -0.15) is 0 Å². The highest BCUT2D eigenvalue weighted by Gasteiger charge is 2.31. The molecule has 4 heterocycles. The van der Waals surface area contributed by atoms with Gasteiger partial charge in [0.15, 0.2) is 0 Å². The van der Waals surface area contributed by atoms with Crippen LogP contribution in [0.1, 0.15) is 53.4 Å². The van der Waals surface area contributed by atoms with Crippen molar-refractivity contribution in [1.29, 1.82) is 0 Å². The fourth-order valence-corrected chi connectivity index (χ4v) is 5.04. The highest BCUT2D eigenvalue weighted by Crippen LogP contribution is 2.32. The van der Waals surface area contributed by atoms with E-state index in [9.17, 15) is 4.79 Å². The zero-order valence-corrected chi connectivity index (χ0v) is 19.3. The lowest BCUT2D eigenvalue weighted by Gasteiger charge is -2.30. The van der Waals surface area contributed by atoms with E-state index >= 15 is 0 Å². The van der Waals surface area contributed by atoms with E-state index in [1.807, 2.05) is 29.4 Å². The molecule has 1 saturated heterocycles. The maximum Gasteiger partial charge on any atom is 0.228 e. The summed E-state index contributed by atoms with van der Waals surface area (Å²) in [4.78, 5) is 31.4. The molecule has 1 aromatic carbocycles. The number of aryl methyl sites for hydroxylation is 2. The minimum atomic E-state index is 0.184. The van der Waals surface area contributed by atoms with Crippen molar-refractivity contribution in [2.45, 2.75) is 51.5 Å². The van der Waals surface area contributed by atoms with Gasteiger partial charge in [0.05, 0.1) is 0 Å². The fraction of sp³-hybridized carbons (Fsp3) is 0.407. The van der Waals surface area contributed by atoms with Crippen LogP contribution in [0.5, 0.6) is 0 Å². The third-order valence-corrected chi connectivity index (χ3v) is 6.81. The first-order valence-electron chi connectivity index (χ1n) is 12.0. The molecule has 2 aliphatic heterocycles. The van der Waals surface area contributed by atoms with Crippen LogP contribution in [-0.2, 0) is 24.2 Å². The second-order valence-corrected chi connectivity index (χ2v) is 9.19. The topological polar surface area (TPSA) is 62.2 Å². The Bertz CT molecular complexity index is 1100. The predicted octanol–water partition coefficient (Wildman–Crippen LogP) is 4.08. The summed E-state index contributed by atoms with van der Waals surface area (Å²) in [5.74, 6) is 2.23. The van der Waals surface area contributed by atoms with E-state index < -0.39 is 0 Å². The van der Waals surface area contributed by atoms with E-state index in [1.54, 1.807) is 0 Å². The summed E-state index contributed by atoms with van der Waals surface area (Å²) in [5.41, 5.74) is 4.71. The monoisotopic (exact) mass is 441 g/mol. The number of amides is 1. The van der Waals surface area contributed by atoms with Gasteiger partial charge in [0.2, 0.25) is 5.91 Å². The van der Waals surface area contributed by atoms with E-state index in [2.05, 4.69) is 47.1 Å². The standard InChI is InChI=1S/C27H31N5O/c1-20-24-11-12-25(33)32(15-6-10-21-7-3-2-4-8-21)27(24)30-26(29-20)23-13-16-31(19-23)18-22-9-5-14-28-17-22/h2-5,7-9,14,17,23H,6,10-13,15-16,18-19H2,1H3. The number of fused-ring (bicyclic) bond motifs is 1. The molecular formula is C27H31N5O. The average molecular weight is 442 g/mol. The molecule has 2 aromatic heterocycles. The van der Waals surface area contributed by atoms with Crippen LogP contribution in [0.4, 0.5) is 5.82 Å². The molecule has 1 unspecified atom stereocenters. The van der Waals surface area contributed by atoms with Gasteiger partial charge in [0, 0.05) is 55.6 Å². The zero-order chi connectivity index (χ0) is 22.6. The Kier molecular flexibility index (Phi) is 6.44. The number of pyridine rings is 1. The maximum atomic E-state index is 12.8. The zero-order valence-electron chi connectivity index (χ0n) is 19.3. The molecule has 0 spiro atoms. The van der Waals surface area contributed by atoms with Gasteiger partial charge < -0.3 is 0 Å². The molecule has 1 fully saturated rings. The van der Waals surface area contributed by atoms with Crippen molar-refractivity contribution < 1.29 is 4.79 Å². The number of likely N-dealkylation sites (tertiary alicyclic amines) is 1. The number of hydrogen-bond donors (Lipinski definition) is 0. The quantitative estimate of drug-likeness (QED) is 0.553. The Morgan fingerprint density at radius 2 is 1.88 bits per heavy atom. The van der Waals surface area contributed by atoms with Crippen molar-refractivity contribution >= 4 is 11.7 Å². The molecule has 0 saturated carbocycles. The molecule has 0 radical (unpaired) electrons. The largest absolute Gasteiger partial charge is 0.298 e. The van der Waals surface area contributed by atoms with Crippen molar-refractivity contribution in [3.8, 4) is 0 Å². The number of rotatable bonds is 7. The summed E-state index contributed by atoms with van der Waals surface area (Å²) in [6.07, 6.45) is 7.97. The number of carbonyl (C=O) groups excluding carboxylic acids is 1. The first kappa shape index (κ1) is 21.7. The Morgan fingerprint density at radius 3 is 2.70 bits per heavy atom. The molecule has 170 valence electrons. The van der Waals surface area contributed by atoms with Gasteiger partial charge in [-0.15, -0.1) is 0 Å². The van der Waals surface area contributed by atoms with Crippen LogP contribution >= 0.6 is 0 Å². The first-order chi connectivity index (χ1) is 16.2. The van der Waals surface area contributed by atoms with Crippen molar-refractivity contribution in [3.05, 3.63) is 83.1 Å². The molecule has 6 nitrogen and oxygen atoms in total. The van der Waals surface area contributed by atoms with Crippen LogP contribution in [-0.4, -0.2) is 45.4 Å². The Labute approximate surface area is 195 Å². The van der Waals surface area contributed by atoms with Crippen molar-refractivity contribution in [1.82, 2.24) is 19.9 Å². The molecular weight excluding hydrogens is 410 g/mol. The summed E-state index contributed by atoms with van der Waals surface area (Å²) in [6, 6.07) is 14.6. The van der Waals surface area contributed by atoms with Crippen molar-refractivity contribution in [2.24, 2.45) is 0 Å². The lowest BCUT2D eigenvalue weighted by molar-refractivity contribution is -0.119. The number of aromatic nitrogens is 3. The summed E-state index contributed by atoms with van der Waals surface area (Å²) >= 11 is 0. The second kappa shape index (κ2) is 9.79. The molecule has 33 heavy (non-hydrogen) atoms. The van der Waals surface area contributed by atoms with Gasteiger partial charge in [0.25, 0.3) is 0 Å². The van der Waals surface area contributed by atoms with Crippen LogP contribution in [0, 0.1) is 6.92 Å². The van der Waals surface area contributed by atoms with Crippen LogP contribution in [0.25, 0.3) is 0 Å². The lowest BCUT2D eigenvalue weighted by atomic mass is 10.0. The SMILES string of the molecule is Cc1nc(C2CCN(Cc3cccnc3)C2)nc2c1CCC(=O)N2CCCc1ccccc1. The maximum absolute atomic E-state index is 12.8. The van der Waals surface area contributed by atoms with Gasteiger partial charge >= 0.3 is 0 Å². The summed E-state index contributed by atoms with van der Waals surface area (Å²) in [7, 11) is 0.